The van der Waals surface area contributed by atoms with Gasteiger partial charge >= 0.3 is 0 Å². The minimum absolute atomic E-state index is 0.301. The summed E-state index contributed by atoms with van der Waals surface area (Å²) < 4.78 is 0. The Morgan fingerprint density at radius 3 is 3.07 bits per heavy atom. The molecule has 0 aliphatic carbocycles. The number of rotatable bonds is 4. The number of hydrogen-bond acceptors (Lipinski definition) is 3. The zero-order chi connectivity index (χ0) is 10.7. The Morgan fingerprint density at radius 1 is 1.53 bits per heavy atom. The summed E-state index contributed by atoms with van der Waals surface area (Å²) in [5.41, 5.74) is 0. The van der Waals surface area contributed by atoms with Gasteiger partial charge in [-0.3, -0.25) is 9.80 Å². The Balaban J connectivity index is 1.78. The van der Waals surface area contributed by atoms with Crippen LogP contribution < -0.4 is 5.32 Å². The van der Waals surface area contributed by atoms with Crippen LogP contribution in [0.25, 0.3) is 0 Å². The second-order valence-corrected chi connectivity index (χ2v) is 4.40. The molecule has 0 saturated carbocycles. The number of carbonyl (C=O) groups excluding carboxylic acids is 1. The van der Waals surface area contributed by atoms with Crippen molar-refractivity contribution in [3.8, 4) is 0 Å². The third kappa shape index (κ3) is 2.49. The molecule has 2 saturated heterocycles. The van der Waals surface area contributed by atoms with Crippen molar-refractivity contribution in [2.24, 2.45) is 0 Å². The molecule has 0 aromatic carbocycles. The van der Waals surface area contributed by atoms with E-state index in [1.165, 1.54) is 12.8 Å². The van der Waals surface area contributed by atoms with Crippen molar-refractivity contribution >= 4 is 5.91 Å². The topological polar surface area (TPSA) is 35.6 Å². The number of amides is 1. The summed E-state index contributed by atoms with van der Waals surface area (Å²) in [6.07, 6.45) is 4.36. The molecule has 1 N–H and O–H groups in total. The molecule has 86 valence electrons. The van der Waals surface area contributed by atoms with E-state index in [1.54, 1.807) is 0 Å². The number of hydrogen-bond donors (Lipinski definition) is 1. The minimum Gasteiger partial charge on any atom is -0.314 e. The summed E-state index contributed by atoms with van der Waals surface area (Å²) in [6, 6.07) is 0.636. The van der Waals surface area contributed by atoms with Crippen LogP contribution in [0.4, 0.5) is 0 Å². The van der Waals surface area contributed by atoms with Crippen molar-refractivity contribution in [2.75, 3.05) is 26.2 Å². The Bertz CT molecular complexity index is 226. The summed E-state index contributed by atoms with van der Waals surface area (Å²) in [4.78, 5) is 11.6. The fourth-order valence-electron chi connectivity index (χ4n) is 2.51. The second kappa shape index (κ2) is 4.94. The maximum absolute atomic E-state index is 11.6. The highest BCUT2D eigenvalue weighted by molar-refractivity contribution is 5.77. The van der Waals surface area contributed by atoms with Crippen molar-refractivity contribution in [3.05, 3.63) is 0 Å². The van der Waals surface area contributed by atoms with Gasteiger partial charge in [-0.1, -0.05) is 6.92 Å². The van der Waals surface area contributed by atoms with Gasteiger partial charge in [0.05, 0.1) is 0 Å². The molecule has 0 bridgehead atoms. The molecular weight excluding hydrogens is 190 g/mol. The van der Waals surface area contributed by atoms with Crippen molar-refractivity contribution in [1.82, 2.24) is 15.3 Å². The van der Waals surface area contributed by atoms with Gasteiger partial charge in [0.15, 0.2) is 0 Å². The van der Waals surface area contributed by atoms with E-state index in [4.69, 9.17) is 0 Å². The van der Waals surface area contributed by atoms with Gasteiger partial charge in [0.1, 0.15) is 0 Å². The van der Waals surface area contributed by atoms with Gasteiger partial charge in [0.25, 0.3) is 0 Å². The zero-order valence-electron chi connectivity index (χ0n) is 9.54. The van der Waals surface area contributed by atoms with Crippen LogP contribution in [0, 0.1) is 0 Å². The fraction of sp³-hybridized carbons (Fsp3) is 0.909. The van der Waals surface area contributed by atoms with Crippen molar-refractivity contribution < 1.29 is 4.79 Å². The first-order valence-electron chi connectivity index (χ1n) is 6.10. The Kier molecular flexibility index (Phi) is 3.59. The summed E-state index contributed by atoms with van der Waals surface area (Å²) in [6.45, 7) is 6.01. The number of carbonyl (C=O) groups is 1. The number of nitrogens with one attached hydrogen (secondary N) is 1. The monoisotopic (exact) mass is 211 g/mol. The molecule has 4 heteroatoms. The molecule has 0 radical (unpaired) electrons. The maximum Gasteiger partial charge on any atom is 0.238 e. The Morgan fingerprint density at radius 2 is 2.40 bits per heavy atom. The van der Waals surface area contributed by atoms with Gasteiger partial charge in [-0.05, 0) is 25.8 Å². The standard InChI is InChI=1S/C11H21N3O/c1-2-13-8-6-11(15)14(13)9-5-10-4-3-7-12-10/h10,12H,2-9H2,1H3. The Hall–Kier alpha value is -0.610. The lowest BCUT2D eigenvalue weighted by Gasteiger charge is -2.27. The molecule has 2 aliphatic rings. The van der Waals surface area contributed by atoms with Crippen LogP contribution in [0.3, 0.4) is 0 Å². The second-order valence-electron chi connectivity index (χ2n) is 4.40. The smallest absolute Gasteiger partial charge is 0.238 e. The van der Waals surface area contributed by atoms with E-state index in [0.29, 0.717) is 18.4 Å². The van der Waals surface area contributed by atoms with Gasteiger partial charge in [-0.15, -0.1) is 0 Å². The van der Waals surface area contributed by atoms with Crippen LogP contribution in [0.1, 0.15) is 32.6 Å². The number of hydrazine groups is 1. The van der Waals surface area contributed by atoms with E-state index < -0.39 is 0 Å². The number of nitrogens with zero attached hydrogens (tertiary/aromatic N) is 2. The summed E-state index contributed by atoms with van der Waals surface area (Å²) in [7, 11) is 0. The largest absolute Gasteiger partial charge is 0.314 e. The van der Waals surface area contributed by atoms with Crippen LogP contribution in [0.5, 0.6) is 0 Å². The summed E-state index contributed by atoms with van der Waals surface area (Å²) >= 11 is 0. The third-order valence-electron chi connectivity index (χ3n) is 3.43. The third-order valence-corrected chi connectivity index (χ3v) is 3.43. The maximum atomic E-state index is 11.6. The highest BCUT2D eigenvalue weighted by Gasteiger charge is 2.28. The molecule has 2 rings (SSSR count). The molecule has 2 fully saturated rings. The summed E-state index contributed by atoms with van der Waals surface area (Å²) in [5.74, 6) is 0.301. The van der Waals surface area contributed by atoms with E-state index in [-0.39, 0.29) is 0 Å². The molecule has 0 spiro atoms. The molecule has 1 unspecified atom stereocenters. The molecule has 0 aromatic heterocycles. The van der Waals surface area contributed by atoms with Crippen LogP contribution in [-0.2, 0) is 4.79 Å². The molecule has 1 amide bonds. The van der Waals surface area contributed by atoms with Gasteiger partial charge in [0, 0.05) is 32.1 Å². The van der Waals surface area contributed by atoms with Crippen LogP contribution in [0.2, 0.25) is 0 Å². The lowest BCUT2D eigenvalue weighted by molar-refractivity contribution is -0.137. The van der Waals surface area contributed by atoms with Crippen LogP contribution in [-0.4, -0.2) is 48.1 Å². The van der Waals surface area contributed by atoms with Crippen molar-refractivity contribution in [1.29, 1.82) is 0 Å². The lowest BCUT2D eigenvalue weighted by atomic mass is 10.1. The Labute approximate surface area is 91.6 Å². The average molecular weight is 211 g/mol. The van der Waals surface area contributed by atoms with Crippen molar-refractivity contribution in [3.63, 3.8) is 0 Å². The van der Waals surface area contributed by atoms with Gasteiger partial charge in [-0.25, -0.2) is 5.01 Å². The first kappa shape index (κ1) is 10.9. The van der Waals surface area contributed by atoms with E-state index in [1.807, 2.05) is 5.01 Å². The average Bonchev–Trinajstić information content (AvgIpc) is 2.84. The highest BCUT2D eigenvalue weighted by Crippen LogP contribution is 2.15. The normalized spacial score (nSPS) is 27.9. The minimum atomic E-state index is 0.301. The molecule has 1 atom stereocenters. The quantitative estimate of drug-likeness (QED) is 0.739. The van der Waals surface area contributed by atoms with Crippen molar-refractivity contribution in [2.45, 2.75) is 38.6 Å². The fourth-order valence-corrected chi connectivity index (χ4v) is 2.51. The molecular formula is C11H21N3O. The first-order chi connectivity index (χ1) is 7.31. The summed E-state index contributed by atoms with van der Waals surface area (Å²) in [5, 5.41) is 7.58. The van der Waals surface area contributed by atoms with Gasteiger partial charge in [-0.2, -0.15) is 0 Å². The predicted octanol–water partition coefficient (Wildman–Crippen LogP) is 0.598. The predicted molar refractivity (Wildman–Crippen MR) is 59.2 cm³/mol. The van der Waals surface area contributed by atoms with E-state index in [2.05, 4.69) is 17.2 Å². The zero-order valence-corrected chi connectivity index (χ0v) is 9.54. The lowest BCUT2D eigenvalue weighted by Crippen LogP contribution is -2.41. The molecule has 15 heavy (non-hydrogen) atoms. The highest BCUT2D eigenvalue weighted by atomic mass is 16.2. The van der Waals surface area contributed by atoms with Crippen LogP contribution in [0.15, 0.2) is 0 Å². The first-order valence-corrected chi connectivity index (χ1v) is 6.10. The van der Waals surface area contributed by atoms with Gasteiger partial charge in [0.2, 0.25) is 5.91 Å². The van der Waals surface area contributed by atoms with E-state index in [0.717, 1.165) is 32.6 Å². The van der Waals surface area contributed by atoms with Crippen LogP contribution >= 0.6 is 0 Å². The molecule has 2 heterocycles. The van der Waals surface area contributed by atoms with E-state index in [9.17, 15) is 4.79 Å². The van der Waals surface area contributed by atoms with E-state index >= 15 is 0 Å². The molecule has 0 aromatic rings. The van der Waals surface area contributed by atoms with Gasteiger partial charge < -0.3 is 5.32 Å². The SMILES string of the molecule is CCN1CCC(=O)N1CCC1CCCN1. The molecule has 2 aliphatic heterocycles. The molecule has 4 nitrogen and oxygen atoms in total.